The Morgan fingerprint density at radius 3 is 2.73 bits per heavy atom. The first-order valence-electron chi connectivity index (χ1n) is 4.54. The molecule has 2 N–H and O–H groups in total. The molecule has 0 saturated heterocycles. The zero-order valence-corrected chi connectivity index (χ0v) is 9.51. The second-order valence-corrected chi connectivity index (χ2v) is 4.41. The molecule has 0 radical (unpaired) electrons. The molecule has 0 aromatic heterocycles. The van der Waals surface area contributed by atoms with Crippen LogP contribution in [-0.2, 0) is 0 Å². The van der Waals surface area contributed by atoms with Gasteiger partial charge in [0.2, 0.25) is 0 Å². The average Bonchev–Trinajstić information content (AvgIpc) is 2.13. The summed E-state index contributed by atoms with van der Waals surface area (Å²) in [5.74, 6) is 0.475. The summed E-state index contributed by atoms with van der Waals surface area (Å²) in [6, 6.07) is 7.10. The van der Waals surface area contributed by atoms with Gasteiger partial charge in [-0.15, -0.1) is 0 Å². The van der Waals surface area contributed by atoms with E-state index in [1.54, 1.807) is 18.2 Å². The molecule has 0 aliphatic rings. The highest BCUT2D eigenvalue weighted by Crippen LogP contribution is 2.25. The molecule has 0 fully saturated rings. The third kappa shape index (κ3) is 3.43. The van der Waals surface area contributed by atoms with E-state index < -0.39 is 5.54 Å². The highest BCUT2D eigenvalue weighted by Gasteiger charge is 2.14. The number of nitrogens with two attached hydrogens (primary N) is 1. The Morgan fingerprint density at radius 2 is 2.20 bits per heavy atom. The number of rotatable bonds is 3. The third-order valence-electron chi connectivity index (χ3n) is 1.69. The molecule has 0 atom stereocenters. The summed E-state index contributed by atoms with van der Waals surface area (Å²) in [7, 11) is 0. The summed E-state index contributed by atoms with van der Waals surface area (Å²) < 4.78 is 5.44. The van der Waals surface area contributed by atoms with Gasteiger partial charge in [0, 0.05) is 5.54 Å². The molecule has 0 aliphatic carbocycles. The van der Waals surface area contributed by atoms with Gasteiger partial charge >= 0.3 is 0 Å². The molecule has 0 heterocycles. The van der Waals surface area contributed by atoms with Crippen molar-refractivity contribution in [1.82, 2.24) is 0 Å². The topological polar surface area (TPSA) is 59.0 Å². The second-order valence-electron chi connectivity index (χ2n) is 4.00. The van der Waals surface area contributed by atoms with Crippen molar-refractivity contribution in [2.24, 2.45) is 5.73 Å². The molecular formula is C11H13ClN2O. The standard InChI is InChI=1S/C11H13ClN2O/c1-11(2,14)7-15-10-5-3-4-9(12)8(10)6-13/h3-5H,7,14H2,1-2H3. The van der Waals surface area contributed by atoms with Gasteiger partial charge < -0.3 is 10.5 Å². The number of nitriles is 1. The Labute approximate surface area is 94.4 Å². The summed E-state index contributed by atoms with van der Waals surface area (Å²) in [4.78, 5) is 0. The van der Waals surface area contributed by atoms with E-state index in [1.165, 1.54) is 0 Å². The fourth-order valence-corrected chi connectivity index (χ4v) is 1.21. The molecule has 1 aromatic carbocycles. The Balaban J connectivity index is 2.87. The third-order valence-corrected chi connectivity index (χ3v) is 2.00. The average molecular weight is 225 g/mol. The lowest BCUT2D eigenvalue weighted by Crippen LogP contribution is -2.38. The predicted octanol–water partition coefficient (Wildman–Crippen LogP) is 2.33. The molecule has 80 valence electrons. The van der Waals surface area contributed by atoms with E-state index in [2.05, 4.69) is 0 Å². The number of hydrogen-bond donors (Lipinski definition) is 1. The van der Waals surface area contributed by atoms with E-state index >= 15 is 0 Å². The Kier molecular flexibility index (Phi) is 3.57. The second kappa shape index (κ2) is 4.52. The first-order valence-corrected chi connectivity index (χ1v) is 4.92. The first-order chi connectivity index (χ1) is 6.94. The van der Waals surface area contributed by atoms with Crippen molar-refractivity contribution in [3.8, 4) is 11.8 Å². The maximum absolute atomic E-state index is 8.88. The van der Waals surface area contributed by atoms with Gasteiger partial charge in [-0.3, -0.25) is 0 Å². The SMILES string of the molecule is CC(C)(N)COc1cccc(Cl)c1C#N. The van der Waals surface area contributed by atoms with Gasteiger partial charge in [-0.2, -0.15) is 5.26 Å². The number of halogens is 1. The van der Waals surface area contributed by atoms with Crippen LogP contribution >= 0.6 is 11.6 Å². The van der Waals surface area contributed by atoms with Crippen LogP contribution in [0.4, 0.5) is 0 Å². The molecule has 4 heteroatoms. The van der Waals surface area contributed by atoms with Crippen LogP contribution in [0.15, 0.2) is 18.2 Å². The fourth-order valence-electron chi connectivity index (χ4n) is 0.997. The fraction of sp³-hybridized carbons (Fsp3) is 0.364. The normalized spacial score (nSPS) is 10.9. The van der Waals surface area contributed by atoms with E-state index in [0.717, 1.165) is 0 Å². The van der Waals surface area contributed by atoms with Crippen LogP contribution in [0.25, 0.3) is 0 Å². The maximum atomic E-state index is 8.88. The van der Waals surface area contributed by atoms with Crippen LogP contribution in [0.5, 0.6) is 5.75 Å². The number of ether oxygens (including phenoxy) is 1. The summed E-state index contributed by atoms with van der Waals surface area (Å²) in [6.45, 7) is 4.04. The highest BCUT2D eigenvalue weighted by atomic mass is 35.5. The monoisotopic (exact) mass is 224 g/mol. The summed E-state index contributed by atoms with van der Waals surface area (Å²) in [5.41, 5.74) is 5.69. The van der Waals surface area contributed by atoms with Gasteiger partial charge in [0.05, 0.1) is 5.02 Å². The molecule has 0 unspecified atom stereocenters. The Bertz CT molecular complexity index is 391. The zero-order valence-electron chi connectivity index (χ0n) is 8.75. The van der Waals surface area contributed by atoms with Gasteiger partial charge in [-0.05, 0) is 26.0 Å². The van der Waals surface area contributed by atoms with E-state index in [1.807, 2.05) is 19.9 Å². The van der Waals surface area contributed by atoms with Crippen LogP contribution in [0.1, 0.15) is 19.4 Å². The van der Waals surface area contributed by atoms with Crippen LogP contribution in [0, 0.1) is 11.3 Å². The lowest BCUT2D eigenvalue weighted by Gasteiger charge is -2.19. The molecular weight excluding hydrogens is 212 g/mol. The minimum atomic E-state index is -0.435. The molecule has 0 amide bonds. The maximum Gasteiger partial charge on any atom is 0.138 e. The number of hydrogen-bond acceptors (Lipinski definition) is 3. The van der Waals surface area contributed by atoms with Gasteiger partial charge in [0.25, 0.3) is 0 Å². The van der Waals surface area contributed by atoms with Gasteiger partial charge in [0.1, 0.15) is 24.0 Å². The van der Waals surface area contributed by atoms with Gasteiger partial charge in [-0.1, -0.05) is 17.7 Å². The van der Waals surface area contributed by atoms with E-state index in [-0.39, 0.29) is 0 Å². The molecule has 15 heavy (non-hydrogen) atoms. The van der Waals surface area contributed by atoms with E-state index in [0.29, 0.717) is 22.9 Å². The number of nitrogens with zero attached hydrogens (tertiary/aromatic N) is 1. The molecule has 3 nitrogen and oxygen atoms in total. The molecule has 0 bridgehead atoms. The molecule has 0 saturated carbocycles. The Hall–Kier alpha value is -1.24. The van der Waals surface area contributed by atoms with Crippen LogP contribution in [0.3, 0.4) is 0 Å². The van der Waals surface area contributed by atoms with Crippen molar-refractivity contribution in [2.45, 2.75) is 19.4 Å². The van der Waals surface area contributed by atoms with Crippen molar-refractivity contribution in [3.05, 3.63) is 28.8 Å². The predicted molar refractivity (Wildman–Crippen MR) is 59.9 cm³/mol. The van der Waals surface area contributed by atoms with Crippen molar-refractivity contribution < 1.29 is 4.74 Å². The van der Waals surface area contributed by atoms with Gasteiger partial charge in [0.15, 0.2) is 0 Å². The van der Waals surface area contributed by atoms with Crippen molar-refractivity contribution >= 4 is 11.6 Å². The number of benzene rings is 1. The summed E-state index contributed by atoms with van der Waals surface area (Å²) in [6.07, 6.45) is 0. The highest BCUT2D eigenvalue weighted by molar-refractivity contribution is 6.31. The lowest BCUT2D eigenvalue weighted by atomic mass is 10.1. The van der Waals surface area contributed by atoms with E-state index in [9.17, 15) is 0 Å². The quantitative estimate of drug-likeness (QED) is 0.857. The van der Waals surface area contributed by atoms with Gasteiger partial charge in [-0.25, -0.2) is 0 Å². The minimum Gasteiger partial charge on any atom is -0.490 e. The van der Waals surface area contributed by atoms with Crippen molar-refractivity contribution in [3.63, 3.8) is 0 Å². The molecule has 1 aromatic rings. The lowest BCUT2D eigenvalue weighted by molar-refractivity contribution is 0.243. The molecule has 0 aliphatic heterocycles. The minimum absolute atomic E-state index is 0.335. The summed E-state index contributed by atoms with van der Waals surface area (Å²) in [5, 5.41) is 9.28. The van der Waals surface area contributed by atoms with Crippen LogP contribution < -0.4 is 10.5 Å². The Morgan fingerprint density at radius 1 is 1.53 bits per heavy atom. The van der Waals surface area contributed by atoms with Crippen molar-refractivity contribution in [2.75, 3.05) is 6.61 Å². The first kappa shape index (κ1) is 11.8. The molecule has 1 rings (SSSR count). The van der Waals surface area contributed by atoms with Crippen LogP contribution in [-0.4, -0.2) is 12.1 Å². The smallest absolute Gasteiger partial charge is 0.138 e. The van der Waals surface area contributed by atoms with Crippen LogP contribution in [0.2, 0.25) is 5.02 Å². The largest absolute Gasteiger partial charge is 0.490 e. The van der Waals surface area contributed by atoms with E-state index in [4.69, 9.17) is 27.3 Å². The van der Waals surface area contributed by atoms with Crippen molar-refractivity contribution in [1.29, 1.82) is 5.26 Å². The summed E-state index contributed by atoms with van der Waals surface area (Å²) >= 11 is 5.85. The molecule has 0 spiro atoms. The zero-order chi connectivity index (χ0) is 11.5.